The molecule has 1 saturated heterocycles. The smallest absolute Gasteiger partial charge is 0.123 e. The fraction of sp³-hybridized carbons (Fsp3) is 0.583. The van der Waals surface area contributed by atoms with E-state index in [4.69, 9.17) is 5.73 Å². The van der Waals surface area contributed by atoms with Gasteiger partial charge in [0.25, 0.3) is 0 Å². The lowest BCUT2D eigenvalue weighted by Crippen LogP contribution is -2.51. The molecule has 2 aliphatic rings. The molecule has 1 aromatic rings. The first-order valence-corrected chi connectivity index (χ1v) is 5.94. The second kappa shape index (κ2) is 3.71. The number of aromatic nitrogens is 1. The maximum atomic E-state index is 5.58. The molecule has 86 valence electrons. The van der Waals surface area contributed by atoms with E-state index in [1.165, 1.54) is 24.9 Å². The van der Waals surface area contributed by atoms with Gasteiger partial charge in [-0.1, -0.05) is 6.07 Å². The third kappa shape index (κ3) is 2.03. The zero-order valence-corrected chi connectivity index (χ0v) is 9.45. The molecule has 1 saturated carbocycles. The topological polar surface area (TPSA) is 54.2 Å². The number of hydrogen-bond donors (Lipinski definition) is 2. The van der Waals surface area contributed by atoms with Crippen molar-refractivity contribution >= 4 is 5.82 Å². The Balaban J connectivity index is 1.63. The summed E-state index contributed by atoms with van der Waals surface area (Å²) in [4.78, 5) is 6.64. The van der Waals surface area contributed by atoms with Gasteiger partial charge in [-0.15, -0.1) is 0 Å². The molecular formula is C12H18N4. The largest absolute Gasteiger partial charge is 0.384 e. The molecule has 16 heavy (non-hydrogen) atoms. The van der Waals surface area contributed by atoms with E-state index in [1.807, 2.05) is 12.3 Å². The number of nitrogens with zero attached hydrogens (tertiary/aromatic N) is 2. The van der Waals surface area contributed by atoms with E-state index in [0.29, 0.717) is 11.4 Å². The van der Waals surface area contributed by atoms with E-state index in [0.717, 1.165) is 19.6 Å². The Morgan fingerprint density at radius 1 is 1.44 bits per heavy atom. The van der Waals surface area contributed by atoms with E-state index in [2.05, 4.69) is 21.3 Å². The minimum atomic E-state index is 0.458. The molecule has 4 nitrogen and oxygen atoms in total. The van der Waals surface area contributed by atoms with Crippen LogP contribution >= 0.6 is 0 Å². The molecular weight excluding hydrogens is 200 g/mol. The predicted octanol–water partition coefficient (Wildman–Crippen LogP) is 0.602. The highest BCUT2D eigenvalue weighted by Crippen LogP contribution is 2.37. The van der Waals surface area contributed by atoms with Gasteiger partial charge in [0.1, 0.15) is 5.82 Å². The van der Waals surface area contributed by atoms with Gasteiger partial charge in [0.2, 0.25) is 0 Å². The summed E-state index contributed by atoms with van der Waals surface area (Å²) >= 11 is 0. The van der Waals surface area contributed by atoms with Crippen molar-refractivity contribution in [1.82, 2.24) is 15.2 Å². The number of nitrogen functional groups attached to an aromatic ring is 1. The van der Waals surface area contributed by atoms with Crippen LogP contribution in [0.4, 0.5) is 5.82 Å². The number of nitrogens with two attached hydrogens (primary N) is 1. The van der Waals surface area contributed by atoms with Crippen LogP contribution in [0.1, 0.15) is 18.4 Å². The molecule has 2 heterocycles. The molecule has 4 heteroatoms. The molecule has 2 fully saturated rings. The Morgan fingerprint density at radius 3 is 3.00 bits per heavy atom. The van der Waals surface area contributed by atoms with Gasteiger partial charge in [0.15, 0.2) is 0 Å². The highest BCUT2D eigenvalue weighted by Gasteiger charge is 2.45. The quantitative estimate of drug-likeness (QED) is 0.763. The molecule has 3 rings (SSSR count). The molecule has 0 bridgehead atoms. The molecule has 1 spiro atoms. The molecule has 0 amide bonds. The van der Waals surface area contributed by atoms with E-state index >= 15 is 0 Å². The Hall–Kier alpha value is -1.13. The van der Waals surface area contributed by atoms with Gasteiger partial charge in [0, 0.05) is 37.9 Å². The van der Waals surface area contributed by atoms with Crippen LogP contribution in [0.2, 0.25) is 0 Å². The Morgan fingerprint density at radius 2 is 2.31 bits per heavy atom. The summed E-state index contributed by atoms with van der Waals surface area (Å²) in [7, 11) is 0. The van der Waals surface area contributed by atoms with E-state index in [9.17, 15) is 0 Å². The van der Waals surface area contributed by atoms with Gasteiger partial charge in [-0.3, -0.25) is 4.90 Å². The Bertz CT molecular complexity index is 369. The van der Waals surface area contributed by atoms with Crippen molar-refractivity contribution in [2.75, 3.05) is 25.4 Å². The summed E-state index contributed by atoms with van der Waals surface area (Å²) in [5.74, 6) is 0.600. The Labute approximate surface area is 95.8 Å². The van der Waals surface area contributed by atoms with Crippen molar-refractivity contribution in [3.8, 4) is 0 Å². The zero-order chi connectivity index (χ0) is 11.0. The lowest BCUT2D eigenvalue weighted by Gasteiger charge is -2.33. The average Bonchev–Trinajstić information content (AvgIpc) is 3.01. The van der Waals surface area contributed by atoms with Crippen LogP contribution in [0.25, 0.3) is 0 Å². The van der Waals surface area contributed by atoms with Crippen LogP contribution in [-0.2, 0) is 6.54 Å². The van der Waals surface area contributed by atoms with Gasteiger partial charge >= 0.3 is 0 Å². The molecule has 0 unspecified atom stereocenters. The van der Waals surface area contributed by atoms with Crippen molar-refractivity contribution in [1.29, 1.82) is 0 Å². The summed E-state index contributed by atoms with van der Waals surface area (Å²) in [5, 5.41) is 3.62. The Kier molecular flexibility index (Phi) is 2.33. The van der Waals surface area contributed by atoms with Gasteiger partial charge in [-0.05, 0) is 24.5 Å². The van der Waals surface area contributed by atoms with E-state index < -0.39 is 0 Å². The van der Waals surface area contributed by atoms with Gasteiger partial charge in [0.05, 0.1) is 0 Å². The highest BCUT2D eigenvalue weighted by molar-refractivity contribution is 5.29. The maximum Gasteiger partial charge on any atom is 0.123 e. The highest BCUT2D eigenvalue weighted by atomic mass is 15.2. The summed E-state index contributed by atoms with van der Waals surface area (Å²) < 4.78 is 0. The predicted molar refractivity (Wildman–Crippen MR) is 63.9 cm³/mol. The van der Waals surface area contributed by atoms with Gasteiger partial charge in [-0.25, -0.2) is 4.98 Å². The molecule has 1 aromatic heterocycles. The normalized spacial score (nSPS) is 23.5. The van der Waals surface area contributed by atoms with E-state index in [1.54, 1.807) is 0 Å². The molecule has 0 atom stereocenters. The number of hydrogen-bond acceptors (Lipinski definition) is 4. The zero-order valence-electron chi connectivity index (χ0n) is 9.45. The molecule has 1 aliphatic carbocycles. The second-order valence-corrected chi connectivity index (χ2v) is 5.01. The van der Waals surface area contributed by atoms with Crippen molar-refractivity contribution in [2.24, 2.45) is 0 Å². The van der Waals surface area contributed by atoms with Crippen LogP contribution in [0.5, 0.6) is 0 Å². The molecule has 1 aliphatic heterocycles. The minimum absolute atomic E-state index is 0.458. The van der Waals surface area contributed by atoms with Crippen LogP contribution in [-0.4, -0.2) is 35.1 Å². The van der Waals surface area contributed by atoms with Gasteiger partial charge in [-0.2, -0.15) is 0 Å². The van der Waals surface area contributed by atoms with Gasteiger partial charge < -0.3 is 11.1 Å². The second-order valence-electron chi connectivity index (χ2n) is 5.01. The fourth-order valence-corrected chi connectivity index (χ4v) is 2.45. The fourth-order valence-electron chi connectivity index (χ4n) is 2.45. The number of rotatable bonds is 2. The maximum absolute atomic E-state index is 5.58. The monoisotopic (exact) mass is 218 g/mol. The van der Waals surface area contributed by atoms with Crippen LogP contribution < -0.4 is 11.1 Å². The van der Waals surface area contributed by atoms with Crippen molar-refractivity contribution in [3.63, 3.8) is 0 Å². The summed E-state index contributed by atoms with van der Waals surface area (Å²) in [5.41, 5.74) is 7.29. The van der Waals surface area contributed by atoms with Crippen molar-refractivity contribution in [2.45, 2.75) is 24.9 Å². The van der Waals surface area contributed by atoms with Crippen LogP contribution in [0.15, 0.2) is 18.3 Å². The average molecular weight is 218 g/mol. The summed E-state index contributed by atoms with van der Waals surface area (Å²) in [6.07, 6.45) is 4.56. The van der Waals surface area contributed by atoms with Crippen LogP contribution in [0, 0.1) is 0 Å². The number of piperazine rings is 1. The lowest BCUT2D eigenvalue weighted by atomic mass is 10.1. The number of pyridine rings is 1. The number of anilines is 1. The number of nitrogens with one attached hydrogen (secondary N) is 1. The first-order chi connectivity index (χ1) is 7.76. The third-order valence-electron chi connectivity index (χ3n) is 3.56. The molecule has 0 aromatic carbocycles. The van der Waals surface area contributed by atoms with Crippen molar-refractivity contribution < 1.29 is 0 Å². The summed E-state index contributed by atoms with van der Waals surface area (Å²) in [6.45, 7) is 4.42. The van der Waals surface area contributed by atoms with Crippen molar-refractivity contribution in [3.05, 3.63) is 23.9 Å². The molecule has 0 radical (unpaired) electrons. The minimum Gasteiger partial charge on any atom is -0.384 e. The third-order valence-corrected chi connectivity index (χ3v) is 3.56. The SMILES string of the molecule is Nc1ccc(CN2CCNC3(CC3)C2)cn1. The lowest BCUT2D eigenvalue weighted by molar-refractivity contribution is 0.182. The standard InChI is InChI=1S/C12H18N4/c13-11-2-1-10(7-14-11)8-16-6-5-15-12(9-16)3-4-12/h1-2,7,15H,3-6,8-9H2,(H2,13,14). The first-order valence-electron chi connectivity index (χ1n) is 5.94. The summed E-state index contributed by atoms with van der Waals surface area (Å²) in [6, 6.07) is 3.95. The molecule has 3 N–H and O–H groups in total. The van der Waals surface area contributed by atoms with E-state index in [-0.39, 0.29) is 0 Å². The first kappa shape index (κ1) is 10.1. The van der Waals surface area contributed by atoms with Crippen LogP contribution in [0.3, 0.4) is 0 Å².